The van der Waals surface area contributed by atoms with E-state index in [9.17, 15) is 4.79 Å². The average molecular weight is 415 g/mol. The van der Waals surface area contributed by atoms with E-state index in [0.29, 0.717) is 17.9 Å². The smallest absolute Gasteiger partial charge is 0.337 e. The van der Waals surface area contributed by atoms with Crippen molar-refractivity contribution in [3.8, 4) is 21.8 Å². The van der Waals surface area contributed by atoms with Crippen LogP contribution < -0.4 is 0 Å². The number of carbonyl (C=O) groups is 1. The summed E-state index contributed by atoms with van der Waals surface area (Å²) >= 11 is 1.53. The van der Waals surface area contributed by atoms with Crippen molar-refractivity contribution in [3.63, 3.8) is 0 Å². The first-order chi connectivity index (χ1) is 14.7. The molecule has 1 aliphatic rings. The zero-order valence-corrected chi connectivity index (χ0v) is 17.2. The van der Waals surface area contributed by atoms with Gasteiger partial charge in [-0.1, -0.05) is 18.2 Å². The van der Waals surface area contributed by atoms with E-state index in [4.69, 9.17) is 9.72 Å². The number of thiazole rings is 1. The summed E-state index contributed by atoms with van der Waals surface area (Å²) < 4.78 is 6.73. The molecule has 0 amide bonds. The third-order valence-electron chi connectivity index (χ3n) is 4.85. The van der Waals surface area contributed by atoms with Gasteiger partial charge >= 0.3 is 5.97 Å². The van der Waals surface area contributed by atoms with E-state index in [0.717, 1.165) is 37.9 Å². The molecule has 30 heavy (non-hydrogen) atoms. The number of methoxy groups -OCH3 is 1. The van der Waals surface area contributed by atoms with Crippen molar-refractivity contribution in [2.45, 2.75) is 6.92 Å². The molecule has 0 saturated carbocycles. The second-order valence-electron chi connectivity index (χ2n) is 6.74. The lowest BCUT2D eigenvalue weighted by atomic mass is 10.1. The Balaban J connectivity index is 1.72. The number of esters is 1. The number of rotatable bonds is 4. The minimum Gasteiger partial charge on any atom is -0.465 e. The van der Waals surface area contributed by atoms with Crippen molar-refractivity contribution in [3.05, 3.63) is 64.8 Å². The molecule has 1 aromatic carbocycles. The Hall–Kier alpha value is -3.65. The number of hydrogen-bond acceptors (Lipinski definition) is 7. The van der Waals surface area contributed by atoms with Gasteiger partial charge in [0.05, 0.1) is 46.6 Å². The fraction of sp³-hybridized carbons (Fsp3) is 0.136. The Morgan fingerprint density at radius 2 is 2.10 bits per heavy atom. The van der Waals surface area contributed by atoms with Crippen LogP contribution in [0.5, 0.6) is 0 Å². The molecule has 1 aliphatic heterocycles. The molecule has 5 rings (SSSR count). The first kappa shape index (κ1) is 18.4. The van der Waals surface area contributed by atoms with Crippen LogP contribution in [-0.2, 0) is 4.74 Å². The van der Waals surface area contributed by atoms with E-state index in [2.05, 4.69) is 15.1 Å². The number of aromatic nitrogens is 3. The maximum Gasteiger partial charge on any atom is 0.337 e. The number of hydrogen-bond donors (Lipinski definition) is 0. The minimum atomic E-state index is -0.386. The van der Waals surface area contributed by atoms with Gasteiger partial charge in [-0.05, 0) is 31.2 Å². The van der Waals surface area contributed by atoms with Crippen LogP contribution in [-0.4, -0.2) is 46.3 Å². The quantitative estimate of drug-likeness (QED) is 0.471. The molecule has 0 saturated heterocycles. The molecule has 0 unspecified atom stereocenters. The third-order valence-corrected chi connectivity index (χ3v) is 5.92. The predicted molar refractivity (Wildman–Crippen MR) is 118 cm³/mol. The van der Waals surface area contributed by atoms with Crippen LogP contribution in [0, 0.1) is 6.92 Å². The third kappa shape index (κ3) is 3.02. The van der Waals surface area contributed by atoms with Gasteiger partial charge < -0.3 is 4.74 Å². The first-order valence-electron chi connectivity index (χ1n) is 9.37. The molecule has 0 spiro atoms. The van der Waals surface area contributed by atoms with Gasteiger partial charge in [0.2, 0.25) is 0 Å². The Labute approximate surface area is 176 Å². The molecule has 7 nitrogen and oxygen atoms in total. The SMILES string of the molecule is COC(=O)c1cccc(-c2nc(-c3c(C)nn4ccccc34)sc2C2=NCC=N2)c1. The fourth-order valence-electron chi connectivity index (χ4n) is 3.49. The number of ether oxygens (including phenoxy) is 1. The van der Waals surface area contributed by atoms with Crippen molar-refractivity contribution in [1.29, 1.82) is 0 Å². The number of amidine groups is 1. The molecule has 4 aromatic rings. The molecule has 8 heteroatoms. The Morgan fingerprint density at radius 3 is 2.90 bits per heavy atom. The number of pyridine rings is 1. The summed E-state index contributed by atoms with van der Waals surface area (Å²) in [6, 6.07) is 13.2. The highest BCUT2D eigenvalue weighted by Gasteiger charge is 2.23. The second-order valence-corrected chi connectivity index (χ2v) is 7.74. The van der Waals surface area contributed by atoms with Crippen LogP contribution >= 0.6 is 11.3 Å². The number of fused-ring (bicyclic) bond motifs is 1. The number of benzene rings is 1. The predicted octanol–water partition coefficient (Wildman–Crippen LogP) is 4.05. The highest BCUT2D eigenvalue weighted by molar-refractivity contribution is 7.17. The van der Waals surface area contributed by atoms with E-state index in [1.165, 1.54) is 18.4 Å². The van der Waals surface area contributed by atoms with E-state index >= 15 is 0 Å². The molecule has 0 bridgehead atoms. The average Bonchev–Trinajstić information content (AvgIpc) is 3.50. The van der Waals surface area contributed by atoms with Gasteiger partial charge in [0, 0.05) is 18.0 Å². The van der Waals surface area contributed by atoms with E-state index < -0.39 is 0 Å². The van der Waals surface area contributed by atoms with Crippen LogP contribution in [0.3, 0.4) is 0 Å². The normalized spacial score (nSPS) is 13.1. The molecule has 0 aliphatic carbocycles. The molecule has 148 valence electrons. The lowest BCUT2D eigenvalue weighted by Crippen LogP contribution is -2.01. The first-order valence-corrected chi connectivity index (χ1v) is 10.2. The van der Waals surface area contributed by atoms with Gasteiger partial charge in [0.15, 0.2) is 5.84 Å². The number of aliphatic imine (C=N–C) groups is 2. The number of nitrogens with zero attached hydrogens (tertiary/aromatic N) is 5. The van der Waals surface area contributed by atoms with Crippen LogP contribution in [0.2, 0.25) is 0 Å². The van der Waals surface area contributed by atoms with Crippen LogP contribution in [0.15, 0.2) is 58.6 Å². The zero-order chi connectivity index (χ0) is 20.7. The largest absolute Gasteiger partial charge is 0.465 e. The van der Waals surface area contributed by atoms with Gasteiger partial charge in [0.1, 0.15) is 5.01 Å². The van der Waals surface area contributed by atoms with Gasteiger partial charge in [-0.25, -0.2) is 19.3 Å². The molecular weight excluding hydrogens is 398 g/mol. The summed E-state index contributed by atoms with van der Waals surface area (Å²) in [5.41, 5.74) is 4.90. The van der Waals surface area contributed by atoms with Gasteiger partial charge in [-0.3, -0.25) is 4.99 Å². The van der Waals surface area contributed by atoms with Crippen molar-refractivity contribution >= 4 is 34.9 Å². The van der Waals surface area contributed by atoms with E-state index in [1.807, 2.05) is 48.0 Å². The van der Waals surface area contributed by atoms with Crippen molar-refractivity contribution in [1.82, 2.24) is 14.6 Å². The maximum absolute atomic E-state index is 12.0. The highest BCUT2D eigenvalue weighted by Crippen LogP contribution is 2.38. The molecule has 0 N–H and O–H groups in total. The van der Waals surface area contributed by atoms with Crippen LogP contribution in [0.25, 0.3) is 27.3 Å². The molecule has 0 atom stereocenters. The molecular formula is C22H17N5O2S. The zero-order valence-electron chi connectivity index (χ0n) is 16.4. The molecule has 0 fully saturated rings. The Bertz CT molecular complexity index is 1350. The number of aryl methyl sites for hydroxylation is 1. The summed E-state index contributed by atoms with van der Waals surface area (Å²) in [5, 5.41) is 5.45. The fourth-order valence-corrected chi connectivity index (χ4v) is 4.65. The van der Waals surface area contributed by atoms with Gasteiger partial charge in [0.25, 0.3) is 0 Å². The molecule has 4 heterocycles. The summed E-state index contributed by atoms with van der Waals surface area (Å²) in [6.45, 7) is 2.53. The van der Waals surface area contributed by atoms with E-state index in [-0.39, 0.29) is 5.97 Å². The van der Waals surface area contributed by atoms with E-state index in [1.54, 1.807) is 18.3 Å². The van der Waals surface area contributed by atoms with Crippen molar-refractivity contribution < 1.29 is 9.53 Å². The summed E-state index contributed by atoms with van der Waals surface area (Å²) in [4.78, 5) is 26.8. The Morgan fingerprint density at radius 1 is 1.20 bits per heavy atom. The van der Waals surface area contributed by atoms with Gasteiger partial charge in [-0.2, -0.15) is 5.10 Å². The standard InChI is InChI=1S/C22H17N5O2S/c1-13-17(16-8-3-4-11-27(16)26-13)21-25-18(19(30-21)20-23-9-10-24-20)14-6-5-7-15(12-14)22(28)29-2/h3-9,11-12H,10H2,1-2H3. The summed E-state index contributed by atoms with van der Waals surface area (Å²) in [6.07, 6.45) is 3.70. The monoisotopic (exact) mass is 415 g/mol. The molecule has 3 aromatic heterocycles. The lowest BCUT2D eigenvalue weighted by Gasteiger charge is -2.04. The Kier molecular flexibility index (Phi) is 4.48. The lowest BCUT2D eigenvalue weighted by molar-refractivity contribution is 0.0601. The topological polar surface area (TPSA) is 81.2 Å². The van der Waals surface area contributed by atoms with Crippen LogP contribution in [0.4, 0.5) is 0 Å². The highest BCUT2D eigenvalue weighted by atomic mass is 32.1. The number of carbonyl (C=O) groups excluding carboxylic acids is 1. The molecule has 0 radical (unpaired) electrons. The minimum absolute atomic E-state index is 0.386. The summed E-state index contributed by atoms with van der Waals surface area (Å²) in [7, 11) is 1.37. The van der Waals surface area contributed by atoms with Crippen molar-refractivity contribution in [2.75, 3.05) is 13.7 Å². The maximum atomic E-state index is 12.0. The second kappa shape index (κ2) is 7.31. The summed E-state index contributed by atoms with van der Waals surface area (Å²) in [5.74, 6) is 0.273. The van der Waals surface area contributed by atoms with Crippen LogP contribution in [0.1, 0.15) is 20.9 Å². The van der Waals surface area contributed by atoms with Gasteiger partial charge in [-0.15, -0.1) is 11.3 Å². The van der Waals surface area contributed by atoms with Crippen molar-refractivity contribution in [2.24, 2.45) is 9.98 Å².